The second-order valence-electron chi connectivity index (χ2n) is 7.93. The molecule has 32 heavy (non-hydrogen) atoms. The molecule has 1 aliphatic rings. The number of carbonyl (C=O) groups is 1. The summed E-state index contributed by atoms with van der Waals surface area (Å²) >= 11 is 0. The molecule has 0 aliphatic carbocycles. The lowest BCUT2D eigenvalue weighted by molar-refractivity contribution is -0.137. The standard InChI is InChI=1S/C24H24F3N3O2/c25-24(26,27)19-7-4-8-21(14-19)32-12-10-20-15-22(29-28-20)18-9-11-30(16-18)23(31)13-17-5-2-1-3-6-17/h1-8,14-15,18H,9-13,16H2,(H,28,29). The molecule has 1 saturated heterocycles. The number of alkyl halides is 3. The summed E-state index contributed by atoms with van der Waals surface area (Å²) in [5.41, 5.74) is 2.02. The molecule has 0 bridgehead atoms. The third kappa shape index (κ3) is 5.49. The fraction of sp³-hybridized carbons (Fsp3) is 0.333. The molecule has 1 aromatic heterocycles. The number of H-pyrrole nitrogens is 1. The van der Waals surface area contributed by atoms with Crippen LogP contribution in [0.4, 0.5) is 13.2 Å². The van der Waals surface area contributed by atoms with Gasteiger partial charge in [0.25, 0.3) is 0 Å². The Balaban J connectivity index is 1.27. The number of ether oxygens (including phenoxy) is 1. The Hall–Kier alpha value is -3.29. The van der Waals surface area contributed by atoms with Crippen molar-refractivity contribution in [2.24, 2.45) is 0 Å². The first-order chi connectivity index (χ1) is 15.4. The number of hydrogen-bond donors (Lipinski definition) is 1. The number of hydrogen-bond acceptors (Lipinski definition) is 3. The van der Waals surface area contributed by atoms with E-state index in [-0.39, 0.29) is 24.2 Å². The molecular weight excluding hydrogens is 419 g/mol. The van der Waals surface area contributed by atoms with Crippen molar-refractivity contribution in [3.63, 3.8) is 0 Å². The Bertz CT molecular complexity index is 1050. The van der Waals surface area contributed by atoms with Crippen LogP contribution in [-0.2, 0) is 23.8 Å². The molecule has 3 aromatic rings. The quantitative estimate of drug-likeness (QED) is 0.580. The van der Waals surface area contributed by atoms with Crippen molar-refractivity contribution in [2.75, 3.05) is 19.7 Å². The molecule has 0 saturated carbocycles. The fourth-order valence-corrected chi connectivity index (χ4v) is 3.87. The lowest BCUT2D eigenvalue weighted by Crippen LogP contribution is -2.29. The Morgan fingerprint density at radius 3 is 2.72 bits per heavy atom. The van der Waals surface area contributed by atoms with Crippen molar-refractivity contribution in [2.45, 2.75) is 31.4 Å². The highest BCUT2D eigenvalue weighted by Crippen LogP contribution is 2.31. The normalized spacial score (nSPS) is 16.3. The lowest BCUT2D eigenvalue weighted by Gasteiger charge is -2.16. The Kier molecular flexibility index (Phi) is 6.48. The van der Waals surface area contributed by atoms with Crippen LogP contribution in [0.5, 0.6) is 5.75 Å². The Labute approximate surface area is 184 Å². The number of benzene rings is 2. The molecule has 1 N–H and O–H groups in total. The minimum absolute atomic E-state index is 0.115. The predicted octanol–water partition coefficient (Wildman–Crippen LogP) is 4.61. The van der Waals surface area contributed by atoms with Crippen LogP contribution in [0, 0.1) is 0 Å². The van der Waals surface area contributed by atoms with Gasteiger partial charge in [-0.05, 0) is 36.2 Å². The summed E-state index contributed by atoms with van der Waals surface area (Å²) in [7, 11) is 0. The lowest BCUT2D eigenvalue weighted by atomic mass is 10.0. The van der Waals surface area contributed by atoms with E-state index in [2.05, 4.69) is 10.2 Å². The van der Waals surface area contributed by atoms with Gasteiger partial charge in [-0.3, -0.25) is 9.89 Å². The van der Waals surface area contributed by atoms with Gasteiger partial charge in [0.1, 0.15) is 5.75 Å². The molecule has 4 rings (SSSR count). The van der Waals surface area contributed by atoms with Crippen LogP contribution in [0.1, 0.15) is 34.9 Å². The van der Waals surface area contributed by atoms with Gasteiger partial charge < -0.3 is 9.64 Å². The maximum absolute atomic E-state index is 12.8. The van der Waals surface area contributed by atoms with Crippen LogP contribution in [0.3, 0.4) is 0 Å². The third-order valence-electron chi connectivity index (χ3n) is 5.61. The van der Waals surface area contributed by atoms with Crippen molar-refractivity contribution < 1.29 is 22.7 Å². The first-order valence-electron chi connectivity index (χ1n) is 10.5. The molecule has 0 radical (unpaired) electrons. The summed E-state index contributed by atoms with van der Waals surface area (Å²) in [6.45, 7) is 1.57. The monoisotopic (exact) mass is 443 g/mol. The molecule has 5 nitrogen and oxygen atoms in total. The molecule has 1 aliphatic heterocycles. The number of nitrogens with one attached hydrogen (secondary N) is 1. The van der Waals surface area contributed by atoms with E-state index < -0.39 is 11.7 Å². The average molecular weight is 443 g/mol. The van der Waals surface area contributed by atoms with E-state index in [4.69, 9.17) is 4.74 Å². The van der Waals surface area contributed by atoms with Crippen LogP contribution in [0.2, 0.25) is 0 Å². The highest BCUT2D eigenvalue weighted by atomic mass is 19.4. The third-order valence-corrected chi connectivity index (χ3v) is 5.61. The number of rotatable bonds is 7. The van der Waals surface area contributed by atoms with E-state index in [1.807, 2.05) is 41.3 Å². The number of halogens is 3. The largest absolute Gasteiger partial charge is 0.493 e. The van der Waals surface area contributed by atoms with Gasteiger partial charge in [0.2, 0.25) is 5.91 Å². The molecule has 1 unspecified atom stereocenters. The summed E-state index contributed by atoms with van der Waals surface area (Å²) in [6.07, 6.45) is -2.65. The van der Waals surface area contributed by atoms with Crippen LogP contribution in [-0.4, -0.2) is 40.7 Å². The Morgan fingerprint density at radius 2 is 1.94 bits per heavy atom. The molecule has 2 aromatic carbocycles. The van der Waals surface area contributed by atoms with E-state index >= 15 is 0 Å². The zero-order valence-corrected chi connectivity index (χ0v) is 17.4. The summed E-state index contributed by atoms with van der Waals surface area (Å²) < 4.78 is 43.9. The van der Waals surface area contributed by atoms with Crippen LogP contribution < -0.4 is 4.74 Å². The minimum atomic E-state index is -4.39. The molecule has 1 fully saturated rings. The summed E-state index contributed by atoms with van der Waals surface area (Å²) in [5, 5.41) is 7.36. The Morgan fingerprint density at radius 1 is 1.12 bits per heavy atom. The van der Waals surface area contributed by atoms with E-state index in [1.165, 1.54) is 12.1 Å². The predicted molar refractivity (Wildman–Crippen MR) is 113 cm³/mol. The van der Waals surface area contributed by atoms with Gasteiger partial charge in [-0.2, -0.15) is 18.3 Å². The van der Waals surface area contributed by atoms with E-state index in [9.17, 15) is 18.0 Å². The van der Waals surface area contributed by atoms with Crippen LogP contribution in [0.25, 0.3) is 0 Å². The number of likely N-dealkylation sites (tertiary alicyclic amines) is 1. The number of amides is 1. The van der Waals surface area contributed by atoms with Crippen molar-refractivity contribution in [3.8, 4) is 5.75 Å². The van der Waals surface area contributed by atoms with Crippen molar-refractivity contribution >= 4 is 5.91 Å². The van der Waals surface area contributed by atoms with Gasteiger partial charge in [0.05, 0.1) is 24.3 Å². The van der Waals surface area contributed by atoms with Gasteiger partial charge in [0.15, 0.2) is 0 Å². The smallest absolute Gasteiger partial charge is 0.416 e. The van der Waals surface area contributed by atoms with Gasteiger partial charge in [0, 0.05) is 31.1 Å². The molecule has 1 amide bonds. The average Bonchev–Trinajstić information content (AvgIpc) is 3.44. The van der Waals surface area contributed by atoms with Gasteiger partial charge in [-0.25, -0.2) is 0 Å². The SMILES string of the molecule is O=C(Cc1ccccc1)N1CCC(c2cc(CCOc3cccc(C(F)(F)F)c3)[nH]n2)C1. The van der Waals surface area contributed by atoms with Crippen LogP contribution in [0.15, 0.2) is 60.7 Å². The fourth-order valence-electron chi connectivity index (χ4n) is 3.87. The highest BCUT2D eigenvalue weighted by Gasteiger charge is 2.31. The zero-order valence-electron chi connectivity index (χ0n) is 17.4. The maximum Gasteiger partial charge on any atom is 0.416 e. The maximum atomic E-state index is 12.8. The molecular formula is C24H24F3N3O2. The number of nitrogens with zero attached hydrogens (tertiary/aromatic N) is 2. The van der Waals surface area contributed by atoms with Crippen molar-refractivity contribution in [1.82, 2.24) is 15.1 Å². The van der Waals surface area contributed by atoms with Crippen LogP contribution >= 0.6 is 0 Å². The molecule has 1 atom stereocenters. The van der Waals surface area contributed by atoms with E-state index in [0.29, 0.717) is 25.9 Å². The second kappa shape index (κ2) is 9.46. The first-order valence-corrected chi connectivity index (χ1v) is 10.5. The van der Waals surface area contributed by atoms with Gasteiger partial charge >= 0.3 is 6.18 Å². The number of aromatic amines is 1. The van der Waals surface area contributed by atoms with Gasteiger partial charge in [-0.1, -0.05) is 36.4 Å². The summed E-state index contributed by atoms with van der Waals surface area (Å²) in [4.78, 5) is 14.4. The molecule has 0 spiro atoms. The highest BCUT2D eigenvalue weighted by molar-refractivity contribution is 5.79. The van der Waals surface area contributed by atoms with E-state index in [0.717, 1.165) is 35.5 Å². The van der Waals surface area contributed by atoms with E-state index in [1.54, 1.807) is 0 Å². The molecule has 168 valence electrons. The zero-order chi connectivity index (χ0) is 22.6. The van der Waals surface area contributed by atoms with Crippen molar-refractivity contribution in [3.05, 3.63) is 83.2 Å². The molecule has 2 heterocycles. The number of aromatic nitrogens is 2. The molecule has 8 heteroatoms. The second-order valence-corrected chi connectivity index (χ2v) is 7.93. The summed E-state index contributed by atoms with van der Waals surface area (Å²) in [5.74, 6) is 0.469. The number of carbonyl (C=O) groups excluding carboxylic acids is 1. The first kappa shape index (κ1) is 21.9. The minimum Gasteiger partial charge on any atom is -0.493 e. The van der Waals surface area contributed by atoms with Crippen molar-refractivity contribution in [1.29, 1.82) is 0 Å². The summed E-state index contributed by atoms with van der Waals surface area (Å²) in [6, 6.07) is 16.5. The topological polar surface area (TPSA) is 58.2 Å². The van der Waals surface area contributed by atoms with Gasteiger partial charge in [-0.15, -0.1) is 0 Å².